The predicted octanol–water partition coefficient (Wildman–Crippen LogP) is 5.07. The van der Waals surface area contributed by atoms with E-state index in [4.69, 9.17) is 9.72 Å². The van der Waals surface area contributed by atoms with Gasteiger partial charge in [-0.3, -0.25) is 4.79 Å². The van der Waals surface area contributed by atoms with E-state index in [9.17, 15) is 4.79 Å². The first kappa shape index (κ1) is 17.7. The molecule has 27 heavy (non-hydrogen) atoms. The van der Waals surface area contributed by atoms with Crippen LogP contribution in [0, 0.1) is 0 Å². The van der Waals surface area contributed by atoms with Crippen molar-refractivity contribution in [3.8, 4) is 5.75 Å². The molecule has 0 spiro atoms. The molecule has 1 aliphatic rings. The van der Waals surface area contributed by atoms with Crippen LogP contribution in [0.15, 0.2) is 54.6 Å². The van der Waals surface area contributed by atoms with Crippen LogP contribution < -0.4 is 4.74 Å². The minimum absolute atomic E-state index is 0.0433. The third kappa shape index (κ3) is 3.88. The van der Waals surface area contributed by atoms with Gasteiger partial charge in [0.25, 0.3) is 0 Å². The highest BCUT2D eigenvalue weighted by molar-refractivity contribution is 7.18. The minimum atomic E-state index is 0.0433. The van der Waals surface area contributed by atoms with Crippen molar-refractivity contribution in [3.05, 3.63) is 65.2 Å². The number of para-hydroxylation sites is 1. The molecule has 0 N–H and O–H groups in total. The summed E-state index contributed by atoms with van der Waals surface area (Å²) in [7, 11) is 1.64. The van der Waals surface area contributed by atoms with Gasteiger partial charge in [-0.05, 0) is 55.2 Å². The van der Waals surface area contributed by atoms with Gasteiger partial charge in [-0.1, -0.05) is 24.3 Å². The molecule has 0 saturated carbocycles. The van der Waals surface area contributed by atoms with Gasteiger partial charge >= 0.3 is 0 Å². The van der Waals surface area contributed by atoms with Gasteiger partial charge in [-0.2, -0.15) is 0 Å². The van der Waals surface area contributed by atoms with Crippen LogP contribution >= 0.6 is 11.3 Å². The van der Waals surface area contributed by atoms with E-state index in [1.165, 1.54) is 4.70 Å². The first-order valence-electron chi connectivity index (χ1n) is 9.23. The fourth-order valence-corrected chi connectivity index (χ4v) is 4.61. The second kappa shape index (κ2) is 7.92. The van der Waals surface area contributed by atoms with Gasteiger partial charge in [0.15, 0.2) is 0 Å². The number of carbonyl (C=O) groups is 1. The maximum Gasteiger partial charge on any atom is 0.247 e. The van der Waals surface area contributed by atoms with E-state index in [0.29, 0.717) is 0 Å². The highest BCUT2D eigenvalue weighted by Crippen LogP contribution is 2.35. The van der Waals surface area contributed by atoms with E-state index in [-0.39, 0.29) is 11.9 Å². The number of benzene rings is 2. The van der Waals surface area contributed by atoms with Crippen molar-refractivity contribution >= 4 is 33.5 Å². The van der Waals surface area contributed by atoms with Gasteiger partial charge in [-0.25, -0.2) is 4.98 Å². The standard InChI is InChI=1S/C22H22N2O2S/c1-26-17-8-6-7-16(15-17)12-13-21(25)24-14-5-4-10-19(24)22-23-18-9-2-3-11-20(18)27-22/h2-3,6-9,11-13,15,19H,4-5,10,14H2,1H3/b13-12+. The molecular weight excluding hydrogens is 356 g/mol. The van der Waals surface area contributed by atoms with Gasteiger partial charge in [0.1, 0.15) is 10.8 Å². The van der Waals surface area contributed by atoms with Crippen molar-refractivity contribution in [1.82, 2.24) is 9.88 Å². The Kier molecular flexibility index (Phi) is 5.21. The number of ether oxygens (including phenoxy) is 1. The summed E-state index contributed by atoms with van der Waals surface area (Å²) in [6, 6.07) is 15.9. The second-order valence-electron chi connectivity index (χ2n) is 6.67. The lowest BCUT2D eigenvalue weighted by atomic mass is 10.0. The highest BCUT2D eigenvalue weighted by Gasteiger charge is 2.29. The molecule has 0 radical (unpaired) electrons. The number of methoxy groups -OCH3 is 1. The van der Waals surface area contributed by atoms with E-state index in [1.54, 1.807) is 24.5 Å². The van der Waals surface area contributed by atoms with E-state index in [2.05, 4.69) is 6.07 Å². The lowest BCUT2D eigenvalue weighted by Gasteiger charge is -2.33. The number of rotatable bonds is 4. The Hall–Kier alpha value is -2.66. The third-order valence-corrected chi connectivity index (χ3v) is 6.03. The average molecular weight is 378 g/mol. The van der Waals surface area contributed by atoms with E-state index in [0.717, 1.165) is 47.6 Å². The number of carbonyl (C=O) groups excluding carboxylic acids is 1. The molecule has 4 nitrogen and oxygen atoms in total. The Labute approximate surface area is 163 Å². The molecule has 1 aromatic heterocycles. The summed E-state index contributed by atoms with van der Waals surface area (Å²) in [6.45, 7) is 0.780. The SMILES string of the molecule is COc1cccc(/C=C/C(=O)N2CCCCC2c2nc3ccccc3s2)c1. The van der Waals surface area contributed by atoms with Crippen molar-refractivity contribution in [2.45, 2.75) is 25.3 Å². The largest absolute Gasteiger partial charge is 0.497 e. The van der Waals surface area contributed by atoms with Crippen molar-refractivity contribution in [3.63, 3.8) is 0 Å². The number of aromatic nitrogens is 1. The topological polar surface area (TPSA) is 42.4 Å². The molecule has 1 unspecified atom stereocenters. The molecule has 3 aromatic rings. The number of hydrogen-bond donors (Lipinski definition) is 0. The predicted molar refractivity (Wildman–Crippen MR) is 110 cm³/mol. The number of fused-ring (bicyclic) bond motifs is 1. The van der Waals surface area contributed by atoms with Crippen LogP contribution in [0.5, 0.6) is 5.75 Å². The van der Waals surface area contributed by atoms with Crippen LogP contribution in [-0.4, -0.2) is 29.4 Å². The Bertz CT molecular complexity index is 946. The molecular formula is C22H22N2O2S. The maximum atomic E-state index is 12.9. The average Bonchev–Trinajstić information content (AvgIpc) is 3.16. The second-order valence-corrected chi connectivity index (χ2v) is 7.74. The molecule has 2 heterocycles. The normalized spacial score (nSPS) is 17.5. The van der Waals surface area contributed by atoms with Gasteiger partial charge < -0.3 is 9.64 Å². The molecule has 1 saturated heterocycles. The van der Waals surface area contributed by atoms with Gasteiger partial charge in [0.05, 0.1) is 23.4 Å². The van der Waals surface area contributed by atoms with E-state index in [1.807, 2.05) is 53.4 Å². The highest BCUT2D eigenvalue weighted by atomic mass is 32.1. The number of likely N-dealkylation sites (tertiary alicyclic amines) is 1. The van der Waals surface area contributed by atoms with Gasteiger partial charge in [-0.15, -0.1) is 11.3 Å². The van der Waals surface area contributed by atoms with Crippen LogP contribution in [0.25, 0.3) is 16.3 Å². The summed E-state index contributed by atoms with van der Waals surface area (Å²) in [5.74, 6) is 0.830. The molecule has 1 fully saturated rings. The van der Waals surface area contributed by atoms with Crippen molar-refractivity contribution < 1.29 is 9.53 Å². The summed E-state index contributed by atoms with van der Waals surface area (Å²) in [5.41, 5.74) is 1.97. The summed E-state index contributed by atoms with van der Waals surface area (Å²) >= 11 is 1.70. The molecule has 2 aromatic carbocycles. The fourth-order valence-electron chi connectivity index (χ4n) is 3.49. The first-order chi connectivity index (χ1) is 13.2. The summed E-state index contributed by atoms with van der Waals surface area (Å²) in [5, 5.41) is 1.04. The quantitative estimate of drug-likeness (QED) is 0.595. The minimum Gasteiger partial charge on any atom is -0.497 e. The van der Waals surface area contributed by atoms with Crippen LogP contribution in [0.4, 0.5) is 0 Å². The number of hydrogen-bond acceptors (Lipinski definition) is 4. The lowest BCUT2D eigenvalue weighted by Crippen LogP contribution is -2.37. The van der Waals surface area contributed by atoms with Crippen molar-refractivity contribution in [1.29, 1.82) is 0 Å². The Morgan fingerprint density at radius 2 is 2.11 bits per heavy atom. The molecule has 1 atom stereocenters. The smallest absolute Gasteiger partial charge is 0.247 e. The van der Waals surface area contributed by atoms with Crippen molar-refractivity contribution in [2.24, 2.45) is 0 Å². The summed E-state index contributed by atoms with van der Waals surface area (Å²) in [6.07, 6.45) is 6.66. The number of piperidine rings is 1. The summed E-state index contributed by atoms with van der Waals surface area (Å²) < 4.78 is 6.42. The van der Waals surface area contributed by atoms with E-state index >= 15 is 0 Å². The Morgan fingerprint density at radius 1 is 1.22 bits per heavy atom. The molecule has 0 aliphatic carbocycles. The van der Waals surface area contributed by atoms with Gasteiger partial charge in [0.2, 0.25) is 5.91 Å². The van der Waals surface area contributed by atoms with Gasteiger partial charge in [0, 0.05) is 12.6 Å². The number of amides is 1. The van der Waals surface area contributed by atoms with E-state index < -0.39 is 0 Å². The molecule has 1 aliphatic heterocycles. The molecule has 5 heteroatoms. The Morgan fingerprint density at radius 3 is 2.96 bits per heavy atom. The van der Waals surface area contributed by atoms with Crippen molar-refractivity contribution in [2.75, 3.05) is 13.7 Å². The first-order valence-corrected chi connectivity index (χ1v) is 10.0. The third-order valence-electron chi connectivity index (χ3n) is 4.89. The van der Waals surface area contributed by atoms with Crippen LogP contribution in [0.1, 0.15) is 35.9 Å². The molecule has 4 rings (SSSR count). The molecule has 0 bridgehead atoms. The molecule has 1 amide bonds. The van der Waals surface area contributed by atoms with Crippen LogP contribution in [0.2, 0.25) is 0 Å². The Balaban J connectivity index is 1.56. The molecule has 138 valence electrons. The lowest BCUT2D eigenvalue weighted by molar-refractivity contribution is -0.129. The zero-order chi connectivity index (χ0) is 18.6. The zero-order valence-electron chi connectivity index (χ0n) is 15.3. The number of nitrogens with zero attached hydrogens (tertiary/aromatic N) is 2. The number of thiazole rings is 1. The van der Waals surface area contributed by atoms with Crippen LogP contribution in [-0.2, 0) is 4.79 Å². The maximum absolute atomic E-state index is 12.9. The summed E-state index contributed by atoms with van der Waals surface area (Å²) in [4.78, 5) is 19.7. The van der Waals surface area contributed by atoms with Crippen LogP contribution in [0.3, 0.4) is 0 Å². The monoisotopic (exact) mass is 378 g/mol. The zero-order valence-corrected chi connectivity index (χ0v) is 16.1. The fraction of sp³-hybridized carbons (Fsp3) is 0.273.